The monoisotopic (exact) mass is 491 g/mol. The van der Waals surface area contributed by atoms with Crippen molar-refractivity contribution in [3.05, 3.63) is 64.9 Å². The third kappa shape index (κ3) is 3.28. The molecule has 8 heteroatoms. The molecule has 1 spiro atoms. The van der Waals surface area contributed by atoms with E-state index in [1.54, 1.807) is 0 Å². The molecule has 36 heavy (non-hydrogen) atoms. The summed E-state index contributed by atoms with van der Waals surface area (Å²) in [5.74, 6) is 1.14. The third-order valence-electron chi connectivity index (χ3n) is 7.97. The first-order chi connectivity index (χ1) is 17.4. The lowest BCUT2D eigenvalue weighted by Crippen LogP contribution is -2.53. The lowest BCUT2D eigenvalue weighted by molar-refractivity contribution is -0.156. The molecule has 0 unspecified atom stereocenters. The minimum absolute atomic E-state index is 0.131. The molecule has 1 aliphatic carbocycles. The van der Waals surface area contributed by atoms with Gasteiger partial charge in [-0.1, -0.05) is 30.3 Å². The van der Waals surface area contributed by atoms with Crippen LogP contribution in [-0.4, -0.2) is 54.5 Å². The summed E-state index contributed by atoms with van der Waals surface area (Å²) in [6.45, 7) is 5.98. The van der Waals surface area contributed by atoms with Gasteiger partial charge in [-0.25, -0.2) is 4.79 Å². The number of rotatable bonds is 3. The number of hydrogen-bond donors (Lipinski definition) is 0. The maximum atomic E-state index is 13.0. The van der Waals surface area contributed by atoms with E-state index in [1.165, 1.54) is 0 Å². The zero-order valence-electron chi connectivity index (χ0n) is 20.5. The zero-order chi connectivity index (χ0) is 24.5. The molecule has 2 aromatic rings. The van der Waals surface area contributed by atoms with Crippen LogP contribution in [0.1, 0.15) is 43.4 Å². The molecule has 0 radical (unpaired) electrons. The summed E-state index contributed by atoms with van der Waals surface area (Å²) >= 11 is 0. The van der Waals surface area contributed by atoms with Gasteiger partial charge in [-0.3, -0.25) is 4.90 Å². The van der Waals surface area contributed by atoms with Gasteiger partial charge in [0.2, 0.25) is 6.79 Å². The molecule has 2 fully saturated rings. The Morgan fingerprint density at radius 3 is 2.72 bits per heavy atom. The van der Waals surface area contributed by atoms with Crippen LogP contribution in [0.3, 0.4) is 0 Å². The SMILES string of the molecule is CC1(C)O[C@@H]2C(OC(=O)OCc3ccccc3)=C3c4cc5c(cc4CCN4CCC[C@]34[C@@H]2O1)OCO5. The fourth-order valence-corrected chi connectivity index (χ4v) is 6.60. The average molecular weight is 492 g/mol. The molecule has 2 saturated heterocycles. The quantitative estimate of drug-likeness (QED) is 0.585. The number of ether oxygens (including phenoxy) is 6. The van der Waals surface area contributed by atoms with Gasteiger partial charge in [0.15, 0.2) is 17.3 Å². The van der Waals surface area contributed by atoms with Gasteiger partial charge in [-0.15, -0.1) is 0 Å². The molecule has 7 rings (SSSR count). The fraction of sp³-hybridized carbons (Fsp3) is 0.464. The van der Waals surface area contributed by atoms with Gasteiger partial charge in [0.1, 0.15) is 24.6 Å². The first-order valence-electron chi connectivity index (χ1n) is 12.6. The van der Waals surface area contributed by atoms with Gasteiger partial charge < -0.3 is 28.4 Å². The summed E-state index contributed by atoms with van der Waals surface area (Å²) in [6.07, 6.45) is 1.21. The summed E-state index contributed by atoms with van der Waals surface area (Å²) < 4.78 is 35.9. The Morgan fingerprint density at radius 2 is 1.89 bits per heavy atom. The lowest BCUT2D eigenvalue weighted by atomic mass is 9.81. The Bertz CT molecular complexity index is 1260. The highest BCUT2D eigenvalue weighted by Gasteiger charge is 2.67. The Labute approximate surface area is 209 Å². The highest BCUT2D eigenvalue weighted by molar-refractivity contribution is 5.85. The van der Waals surface area contributed by atoms with E-state index in [2.05, 4.69) is 11.0 Å². The Hall–Kier alpha value is -3.07. The van der Waals surface area contributed by atoms with Crippen LogP contribution in [-0.2, 0) is 32.0 Å². The second kappa shape index (κ2) is 7.96. The molecule has 4 aliphatic heterocycles. The van der Waals surface area contributed by atoms with Crippen LogP contribution in [0, 0.1) is 0 Å². The smallest absolute Gasteiger partial charge is 0.454 e. The molecule has 2 aromatic carbocycles. The number of nitrogens with zero attached hydrogens (tertiary/aromatic N) is 1. The van der Waals surface area contributed by atoms with Crippen molar-refractivity contribution in [2.45, 2.75) is 63.3 Å². The largest absolute Gasteiger partial charge is 0.513 e. The molecule has 4 heterocycles. The van der Waals surface area contributed by atoms with Gasteiger partial charge in [0.05, 0.1) is 5.54 Å². The highest BCUT2D eigenvalue weighted by atomic mass is 16.8. The average Bonchev–Trinajstić information content (AvgIpc) is 3.60. The fourth-order valence-electron chi connectivity index (χ4n) is 6.60. The van der Waals surface area contributed by atoms with Crippen LogP contribution >= 0.6 is 0 Å². The number of carbonyl (C=O) groups excluding carboxylic acids is 1. The van der Waals surface area contributed by atoms with Crippen LogP contribution in [0.4, 0.5) is 4.79 Å². The molecule has 0 N–H and O–H groups in total. The van der Waals surface area contributed by atoms with Gasteiger partial charge in [0.25, 0.3) is 0 Å². The van der Waals surface area contributed by atoms with Crippen molar-refractivity contribution in [3.63, 3.8) is 0 Å². The van der Waals surface area contributed by atoms with Crippen molar-refractivity contribution < 1.29 is 33.2 Å². The van der Waals surface area contributed by atoms with Gasteiger partial charge >= 0.3 is 6.16 Å². The topological polar surface area (TPSA) is 75.7 Å². The number of carbonyl (C=O) groups is 1. The second-order valence-corrected chi connectivity index (χ2v) is 10.5. The van der Waals surface area contributed by atoms with Crippen LogP contribution in [0.15, 0.2) is 48.2 Å². The van der Waals surface area contributed by atoms with Gasteiger partial charge in [-0.2, -0.15) is 0 Å². The van der Waals surface area contributed by atoms with E-state index < -0.39 is 23.6 Å². The lowest BCUT2D eigenvalue weighted by Gasteiger charge is -2.40. The zero-order valence-corrected chi connectivity index (χ0v) is 20.5. The molecule has 0 bridgehead atoms. The van der Waals surface area contributed by atoms with Crippen molar-refractivity contribution in [2.75, 3.05) is 19.9 Å². The summed E-state index contributed by atoms with van der Waals surface area (Å²) in [7, 11) is 0. The van der Waals surface area contributed by atoms with E-state index in [9.17, 15) is 4.79 Å². The van der Waals surface area contributed by atoms with Crippen LogP contribution < -0.4 is 9.47 Å². The van der Waals surface area contributed by atoms with Crippen molar-refractivity contribution in [3.8, 4) is 11.5 Å². The number of fused-ring (bicyclic) bond motifs is 4. The van der Waals surface area contributed by atoms with Crippen molar-refractivity contribution in [2.24, 2.45) is 0 Å². The molecule has 0 amide bonds. The van der Waals surface area contributed by atoms with E-state index in [-0.39, 0.29) is 19.5 Å². The molecule has 3 atom stereocenters. The minimum atomic E-state index is -0.795. The Balaban J connectivity index is 1.34. The maximum absolute atomic E-state index is 13.0. The molecular weight excluding hydrogens is 462 g/mol. The summed E-state index contributed by atoms with van der Waals surface area (Å²) in [4.78, 5) is 15.5. The molecule has 5 aliphatic rings. The van der Waals surface area contributed by atoms with E-state index in [1.807, 2.05) is 50.2 Å². The third-order valence-corrected chi connectivity index (χ3v) is 7.97. The first-order valence-corrected chi connectivity index (χ1v) is 12.6. The van der Waals surface area contributed by atoms with Crippen molar-refractivity contribution in [1.29, 1.82) is 0 Å². The molecule has 8 nitrogen and oxygen atoms in total. The minimum Gasteiger partial charge on any atom is -0.454 e. The van der Waals surface area contributed by atoms with Crippen LogP contribution in [0.25, 0.3) is 5.57 Å². The Morgan fingerprint density at radius 1 is 1.08 bits per heavy atom. The number of hydrogen-bond acceptors (Lipinski definition) is 8. The van der Waals surface area contributed by atoms with Gasteiger partial charge in [0, 0.05) is 12.1 Å². The molecule has 188 valence electrons. The first kappa shape index (κ1) is 22.2. The summed E-state index contributed by atoms with van der Waals surface area (Å²) in [5, 5.41) is 0. The standard InChI is InChI=1S/C28H29NO7/c1-27(2)35-24-23(34-26(30)31-15-17-7-4-3-5-8-17)22-19-14-21-20(32-16-33-21)13-18(19)9-12-29-11-6-10-28(22,29)25(24)36-27/h3-5,7-8,13-14,24-25H,6,9-12,15-16H2,1-2H3/t24-,25-,28-/m1/s1. The summed E-state index contributed by atoms with van der Waals surface area (Å²) in [6, 6.07) is 13.7. The Kier molecular flexibility index (Phi) is 4.90. The molecular formula is C28H29NO7. The maximum Gasteiger partial charge on any atom is 0.513 e. The van der Waals surface area contributed by atoms with E-state index >= 15 is 0 Å². The van der Waals surface area contributed by atoms with Crippen molar-refractivity contribution in [1.82, 2.24) is 4.90 Å². The predicted octanol–water partition coefficient (Wildman–Crippen LogP) is 4.40. The highest BCUT2D eigenvalue weighted by Crippen LogP contribution is 2.59. The molecule has 0 saturated carbocycles. The normalized spacial score (nSPS) is 29.3. The van der Waals surface area contributed by atoms with Gasteiger partial charge in [-0.05, 0) is 68.5 Å². The van der Waals surface area contributed by atoms with Crippen LogP contribution in [0.5, 0.6) is 11.5 Å². The second-order valence-electron chi connectivity index (χ2n) is 10.5. The van der Waals surface area contributed by atoms with E-state index in [0.717, 1.165) is 60.4 Å². The predicted molar refractivity (Wildman–Crippen MR) is 128 cm³/mol. The van der Waals surface area contributed by atoms with E-state index in [0.29, 0.717) is 11.5 Å². The van der Waals surface area contributed by atoms with Crippen molar-refractivity contribution >= 4 is 11.7 Å². The molecule has 0 aromatic heterocycles. The number of benzene rings is 2. The summed E-state index contributed by atoms with van der Waals surface area (Å²) in [5.41, 5.74) is 3.54. The van der Waals surface area contributed by atoms with E-state index in [4.69, 9.17) is 28.4 Å². The van der Waals surface area contributed by atoms with Crippen LogP contribution in [0.2, 0.25) is 0 Å².